The summed E-state index contributed by atoms with van der Waals surface area (Å²) in [6.45, 7) is 5.55. The van der Waals surface area contributed by atoms with Crippen LogP contribution < -0.4 is 0 Å². The number of rotatable bonds is 6. The van der Waals surface area contributed by atoms with Crippen molar-refractivity contribution in [3.8, 4) is 0 Å². The average Bonchev–Trinajstić information content (AvgIpc) is 3.03. The highest BCUT2D eigenvalue weighted by Crippen LogP contribution is 2.57. The SMILES string of the molecule is CCN(CC)C(=O)[C@@]1(c2cccs2)C[C@H]1CN1C(=O)c2ccccc2C1=O. The number of nitrogens with zero attached hydrogens (tertiary/aromatic N) is 2. The predicted octanol–water partition coefficient (Wildman–Crippen LogP) is 3.17. The number of hydrogen-bond donors (Lipinski definition) is 0. The van der Waals surface area contributed by atoms with Gasteiger partial charge in [-0.1, -0.05) is 18.2 Å². The molecule has 2 heterocycles. The highest BCUT2D eigenvalue weighted by Gasteiger charge is 2.63. The van der Waals surface area contributed by atoms with Crippen LogP contribution >= 0.6 is 11.3 Å². The van der Waals surface area contributed by atoms with E-state index in [2.05, 4.69) is 0 Å². The second kappa shape index (κ2) is 6.60. The second-order valence-corrected chi connectivity index (χ2v) is 8.04. The van der Waals surface area contributed by atoms with E-state index in [0.29, 0.717) is 30.6 Å². The van der Waals surface area contributed by atoms with E-state index in [1.807, 2.05) is 36.3 Å². The standard InChI is InChI=1S/C21H22N2O3S/c1-3-22(4-2)20(26)21(17-10-7-11-27-17)12-14(21)13-23-18(24)15-8-5-6-9-16(15)19(23)25/h5-11,14H,3-4,12-13H2,1-2H3/t14-,21-/m0/s1. The van der Waals surface area contributed by atoms with E-state index >= 15 is 0 Å². The summed E-state index contributed by atoms with van der Waals surface area (Å²) in [5, 5.41) is 1.98. The number of likely N-dealkylation sites (N-methyl/N-ethyl adjacent to an activating group) is 1. The number of fused-ring (bicyclic) bond motifs is 1. The number of benzene rings is 1. The van der Waals surface area contributed by atoms with E-state index in [0.717, 1.165) is 4.88 Å². The van der Waals surface area contributed by atoms with Crippen LogP contribution in [0.4, 0.5) is 0 Å². The number of amides is 3. The maximum absolute atomic E-state index is 13.3. The zero-order valence-corrected chi connectivity index (χ0v) is 16.3. The first-order valence-electron chi connectivity index (χ1n) is 9.33. The average molecular weight is 382 g/mol. The van der Waals surface area contributed by atoms with Gasteiger partial charge in [0.2, 0.25) is 5.91 Å². The fourth-order valence-corrected chi connectivity index (χ4v) is 5.18. The molecule has 0 saturated heterocycles. The first kappa shape index (κ1) is 17.9. The van der Waals surface area contributed by atoms with Crippen molar-refractivity contribution < 1.29 is 14.4 Å². The first-order valence-corrected chi connectivity index (χ1v) is 10.2. The van der Waals surface area contributed by atoms with Gasteiger partial charge in [-0.15, -0.1) is 11.3 Å². The summed E-state index contributed by atoms with van der Waals surface area (Å²) in [4.78, 5) is 42.9. The second-order valence-electron chi connectivity index (χ2n) is 7.09. The van der Waals surface area contributed by atoms with E-state index in [1.165, 1.54) is 4.90 Å². The minimum absolute atomic E-state index is 0.0357. The van der Waals surface area contributed by atoms with E-state index < -0.39 is 5.41 Å². The van der Waals surface area contributed by atoms with Gasteiger partial charge in [0, 0.05) is 24.5 Å². The lowest BCUT2D eigenvalue weighted by Crippen LogP contribution is -2.41. The molecule has 140 valence electrons. The van der Waals surface area contributed by atoms with Gasteiger partial charge in [0.1, 0.15) is 0 Å². The highest BCUT2D eigenvalue weighted by atomic mass is 32.1. The molecule has 27 heavy (non-hydrogen) atoms. The van der Waals surface area contributed by atoms with Gasteiger partial charge >= 0.3 is 0 Å². The normalized spacial score (nSPS) is 23.5. The third-order valence-corrected chi connectivity index (χ3v) is 6.83. The Balaban J connectivity index is 1.61. The maximum Gasteiger partial charge on any atom is 0.261 e. The summed E-state index contributed by atoms with van der Waals surface area (Å²) >= 11 is 1.57. The molecule has 6 heteroatoms. The molecule has 1 aromatic heterocycles. The Kier molecular flexibility index (Phi) is 4.38. The molecule has 3 amide bonds. The first-order chi connectivity index (χ1) is 13.0. The van der Waals surface area contributed by atoms with Gasteiger partial charge in [-0.3, -0.25) is 19.3 Å². The van der Waals surface area contributed by atoms with Gasteiger partial charge in [0.15, 0.2) is 0 Å². The minimum atomic E-state index is -0.602. The van der Waals surface area contributed by atoms with Gasteiger partial charge in [-0.25, -0.2) is 0 Å². The lowest BCUT2D eigenvalue weighted by Gasteiger charge is -2.26. The molecule has 1 aliphatic carbocycles. The van der Waals surface area contributed by atoms with Crippen LogP contribution in [0.2, 0.25) is 0 Å². The van der Waals surface area contributed by atoms with Crippen molar-refractivity contribution in [2.45, 2.75) is 25.7 Å². The Morgan fingerprint density at radius 1 is 1.11 bits per heavy atom. The molecule has 0 bridgehead atoms. The molecule has 0 spiro atoms. The topological polar surface area (TPSA) is 57.7 Å². The summed E-state index contributed by atoms with van der Waals surface area (Å²) in [6, 6.07) is 10.9. The number of thiophene rings is 1. The summed E-state index contributed by atoms with van der Waals surface area (Å²) in [5.41, 5.74) is 0.315. The van der Waals surface area contributed by atoms with Crippen molar-refractivity contribution in [2.75, 3.05) is 19.6 Å². The summed E-state index contributed by atoms with van der Waals surface area (Å²) in [7, 11) is 0. The molecule has 2 aromatic rings. The Labute approximate surface area is 162 Å². The number of carbonyl (C=O) groups excluding carboxylic acids is 3. The summed E-state index contributed by atoms with van der Waals surface area (Å²) in [5.74, 6) is -0.432. The zero-order valence-electron chi connectivity index (χ0n) is 15.5. The number of hydrogen-bond acceptors (Lipinski definition) is 4. The fraction of sp³-hybridized carbons (Fsp3) is 0.381. The molecule has 1 fully saturated rings. The van der Waals surface area contributed by atoms with Crippen molar-refractivity contribution in [2.24, 2.45) is 5.92 Å². The van der Waals surface area contributed by atoms with Crippen LogP contribution in [0.25, 0.3) is 0 Å². The van der Waals surface area contributed by atoms with Crippen LogP contribution in [-0.4, -0.2) is 47.2 Å². The zero-order chi connectivity index (χ0) is 19.2. The lowest BCUT2D eigenvalue weighted by atomic mass is 9.98. The Morgan fingerprint density at radius 3 is 2.26 bits per heavy atom. The molecule has 5 nitrogen and oxygen atoms in total. The minimum Gasteiger partial charge on any atom is -0.342 e. The number of carbonyl (C=O) groups is 3. The van der Waals surface area contributed by atoms with Crippen molar-refractivity contribution in [3.05, 3.63) is 57.8 Å². The molecule has 2 atom stereocenters. The lowest BCUT2D eigenvalue weighted by molar-refractivity contribution is -0.134. The molecule has 2 aliphatic rings. The molecule has 4 rings (SSSR count). The Bertz CT molecular complexity index is 869. The maximum atomic E-state index is 13.3. The molecule has 0 N–H and O–H groups in total. The smallest absolute Gasteiger partial charge is 0.261 e. The molecule has 0 radical (unpaired) electrons. The van der Waals surface area contributed by atoms with E-state index in [1.54, 1.807) is 35.6 Å². The van der Waals surface area contributed by atoms with Gasteiger partial charge in [0.05, 0.1) is 16.5 Å². The van der Waals surface area contributed by atoms with Crippen molar-refractivity contribution in [1.82, 2.24) is 9.80 Å². The molecule has 1 aromatic carbocycles. The van der Waals surface area contributed by atoms with Crippen molar-refractivity contribution >= 4 is 29.1 Å². The number of imide groups is 1. The van der Waals surface area contributed by atoms with Crippen LogP contribution in [0.5, 0.6) is 0 Å². The van der Waals surface area contributed by atoms with Crippen molar-refractivity contribution in [1.29, 1.82) is 0 Å². The third-order valence-electron chi connectivity index (χ3n) is 5.78. The van der Waals surface area contributed by atoms with Crippen LogP contribution in [0.1, 0.15) is 45.9 Å². The van der Waals surface area contributed by atoms with E-state index in [9.17, 15) is 14.4 Å². The van der Waals surface area contributed by atoms with E-state index in [4.69, 9.17) is 0 Å². The molecule has 1 aliphatic heterocycles. The highest BCUT2D eigenvalue weighted by molar-refractivity contribution is 7.10. The largest absolute Gasteiger partial charge is 0.342 e. The molecule has 0 unspecified atom stereocenters. The Hall–Kier alpha value is -2.47. The molecule has 1 saturated carbocycles. The van der Waals surface area contributed by atoms with Crippen molar-refractivity contribution in [3.63, 3.8) is 0 Å². The van der Waals surface area contributed by atoms with Gasteiger partial charge in [0.25, 0.3) is 11.8 Å². The fourth-order valence-electron chi connectivity index (χ4n) is 4.17. The molecular formula is C21H22N2O3S. The quantitative estimate of drug-likeness (QED) is 0.721. The van der Waals surface area contributed by atoms with Gasteiger partial charge in [-0.2, -0.15) is 0 Å². The Morgan fingerprint density at radius 2 is 1.74 bits per heavy atom. The third kappa shape index (κ3) is 2.62. The van der Waals surface area contributed by atoms with Gasteiger partial charge in [-0.05, 0) is 49.8 Å². The van der Waals surface area contributed by atoms with Crippen LogP contribution in [0.15, 0.2) is 41.8 Å². The molecular weight excluding hydrogens is 360 g/mol. The van der Waals surface area contributed by atoms with Crippen LogP contribution in [0.3, 0.4) is 0 Å². The van der Waals surface area contributed by atoms with Crippen LogP contribution in [0, 0.1) is 5.92 Å². The van der Waals surface area contributed by atoms with Gasteiger partial charge < -0.3 is 4.90 Å². The predicted molar refractivity (Wildman–Crippen MR) is 104 cm³/mol. The van der Waals surface area contributed by atoms with Crippen LogP contribution in [-0.2, 0) is 10.2 Å². The summed E-state index contributed by atoms with van der Waals surface area (Å²) < 4.78 is 0. The monoisotopic (exact) mass is 382 g/mol. The van der Waals surface area contributed by atoms with E-state index in [-0.39, 0.29) is 30.2 Å². The summed E-state index contributed by atoms with van der Waals surface area (Å²) in [6.07, 6.45) is 0.677.